The highest BCUT2D eigenvalue weighted by Crippen LogP contribution is 2.08. The summed E-state index contributed by atoms with van der Waals surface area (Å²) in [5.41, 5.74) is 1.13. The molecule has 0 aliphatic rings. The van der Waals surface area contributed by atoms with E-state index < -0.39 is 5.97 Å². The molecule has 0 unspecified atom stereocenters. The molecule has 0 saturated carbocycles. The smallest absolute Gasteiger partial charge is 0.304 e. The van der Waals surface area contributed by atoms with Gasteiger partial charge in [0.25, 0.3) is 0 Å². The minimum absolute atomic E-state index is 0.212. The van der Waals surface area contributed by atoms with E-state index in [4.69, 9.17) is 5.11 Å². The molecule has 0 aromatic heterocycles. The predicted molar refractivity (Wildman–Crippen MR) is 60.2 cm³/mol. The van der Waals surface area contributed by atoms with Crippen LogP contribution in [0.4, 0.5) is 0 Å². The van der Waals surface area contributed by atoms with Crippen molar-refractivity contribution < 1.29 is 9.90 Å². The summed E-state index contributed by atoms with van der Waals surface area (Å²) in [6, 6.07) is 9.93. The number of carboxylic acid groups (broad SMARTS) is 1. The van der Waals surface area contributed by atoms with E-state index in [1.807, 2.05) is 41.8 Å². The first-order valence-corrected chi connectivity index (χ1v) is 5.39. The molecule has 0 heterocycles. The zero-order valence-corrected chi connectivity index (χ0v) is 8.54. The predicted octanol–water partition coefficient (Wildman–Crippen LogP) is 2.87. The van der Waals surface area contributed by atoms with Crippen molar-refractivity contribution in [2.24, 2.45) is 0 Å². The number of carbonyl (C=O) groups is 1. The largest absolute Gasteiger partial charge is 0.481 e. The van der Waals surface area contributed by atoms with Crippen LogP contribution in [0.3, 0.4) is 0 Å². The molecule has 74 valence electrons. The zero-order chi connectivity index (χ0) is 10.2. The van der Waals surface area contributed by atoms with Crippen LogP contribution < -0.4 is 0 Å². The molecule has 0 amide bonds. The van der Waals surface area contributed by atoms with Gasteiger partial charge in [-0.25, -0.2) is 0 Å². The van der Waals surface area contributed by atoms with E-state index in [-0.39, 0.29) is 6.42 Å². The topological polar surface area (TPSA) is 37.3 Å². The third-order valence-corrected chi connectivity index (χ3v) is 2.36. The lowest BCUT2D eigenvalue weighted by molar-refractivity contribution is -0.136. The summed E-state index contributed by atoms with van der Waals surface area (Å²) in [5.74, 6) is -0.121. The standard InChI is InChI=1S/C11H12O2S/c12-11(13)7-9-14-8-6-10-4-2-1-3-5-10/h1-6,8H,7,9H2,(H,12,13)/b8-6+. The fourth-order valence-corrected chi connectivity index (χ4v) is 1.59. The summed E-state index contributed by atoms with van der Waals surface area (Å²) in [7, 11) is 0. The molecule has 0 saturated heterocycles. The molecular formula is C11H12O2S. The molecule has 1 aromatic carbocycles. The van der Waals surface area contributed by atoms with E-state index in [2.05, 4.69) is 0 Å². The highest BCUT2D eigenvalue weighted by Gasteiger charge is 1.93. The molecule has 0 aliphatic heterocycles. The average Bonchev–Trinajstić information content (AvgIpc) is 2.18. The van der Waals surface area contributed by atoms with E-state index >= 15 is 0 Å². The number of hydrogen-bond donors (Lipinski definition) is 1. The van der Waals surface area contributed by atoms with Gasteiger partial charge >= 0.3 is 5.97 Å². The van der Waals surface area contributed by atoms with Crippen molar-refractivity contribution in [3.63, 3.8) is 0 Å². The lowest BCUT2D eigenvalue weighted by Gasteiger charge is -1.92. The van der Waals surface area contributed by atoms with Crippen LogP contribution in [0.1, 0.15) is 12.0 Å². The number of aliphatic carboxylic acids is 1. The maximum atomic E-state index is 10.2. The maximum absolute atomic E-state index is 10.2. The zero-order valence-electron chi connectivity index (χ0n) is 7.72. The fraction of sp³-hybridized carbons (Fsp3) is 0.182. The minimum Gasteiger partial charge on any atom is -0.481 e. The molecule has 0 bridgehead atoms. The monoisotopic (exact) mass is 208 g/mol. The highest BCUT2D eigenvalue weighted by molar-refractivity contribution is 8.02. The molecule has 3 heteroatoms. The lowest BCUT2D eigenvalue weighted by atomic mass is 10.2. The molecule has 0 atom stereocenters. The van der Waals surface area contributed by atoms with Crippen molar-refractivity contribution in [2.75, 3.05) is 5.75 Å². The van der Waals surface area contributed by atoms with Gasteiger partial charge in [0, 0.05) is 5.75 Å². The lowest BCUT2D eigenvalue weighted by Crippen LogP contribution is -1.94. The SMILES string of the molecule is O=C(O)CCS/C=C/c1ccccc1. The molecule has 1 aromatic rings. The molecule has 0 spiro atoms. The van der Waals surface area contributed by atoms with Gasteiger partial charge < -0.3 is 5.11 Å². The Balaban J connectivity index is 2.25. The van der Waals surface area contributed by atoms with E-state index in [1.165, 1.54) is 11.8 Å². The molecule has 1 rings (SSSR count). The number of benzene rings is 1. The Morgan fingerprint density at radius 2 is 2.07 bits per heavy atom. The first kappa shape index (κ1) is 10.9. The van der Waals surface area contributed by atoms with Gasteiger partial charge in [0.2, 0.25) is 0 Å². The van der Waals surface area contributed by atoms with Crippen LogP contribution in [0.25, 0.3) is 6.08 Å². The number of rotatable bonds is 5. The van der Waals surface area contributed by atoms with Crippen LogP contribution in [-0.4, -0.2) is 16.8 Å². The Labute approximate surface area is 87.6 Å². The van der Waals surface area contributed by atoms with Gasteiger partial charge in [0.05, 0.1) is 6.42 Å². The fourth-order valence-electron chi connectivity index (χ4n) is 0.905. The second-order valence-corrected chi connectivity index (χ2v) is 3.74. The highest BCUT2D eigenvalue weighted by atomic mass is 32.2. The molecule has 0 radical (unpaired) electrons. The van der Waals surface area contributed by atoms with E-state index in [1.54, 1.807) is 0 Å². The van der Waals surface area contributed by atoms with E-state index in [0.717, 1.165) is 5.56 Å². The second kappa shape index (κ2) is 6.27. The summed E-state index contributed by atoms with van der Waals surface area (Å²) in [6.07, 6.45) is 2.19. The first-order valence-electron chi connectivity index (χ1n) is 4.34. The van der Waals surface area contributed by atoms with Gasteiger partial charge in [-0.15, -0.1) is 11.8 Å². The van der Waals surface area contributed by atoms with Gasteiger partial charge in [0.15, 0.2) is 0 Å². The minimum atomic E-state index is -0.745. The van der Waals surface area contributed by atoms with Crippen LogP contribution in [0, 0.1) is 0 Å². The molecule has 1 N–H and O–H groups in total. The average molecular weight is 208 g/mol. The Morgan fingerprint density at radius 3 is 2.71 bits per heavy atom. The molecule has 2 nitrogen and oxygen atoms in total. The first-order chi connectivity index (χ1) is 6.79. The Bertz CT molecular complexity index is 306. The second-order valence-electron chi connectivity index (χ2n) is 2.73. The quantitative estimate of drug-likeness (QED) is 0.756. The van der Waals surface area contributed by atoms with Gasteiger partial charge in [0.1, 0.15) is 0 Å². The molecular weight excluding hydrogens is 196 g/mol. The Kier molecular flexibility index (Phi) is 4.86. The van der Waals surface area contributed by atoms with Crippen molar-refractivity contribution >= 4 is 23.8 Å². The van der Waals surface area contributed by atoms with Gasteiger partial charge in [-0.3, -0.25) is 4.79 Å². The van der Waals surface area contributed by atoms with Crippen LogP contribution in [0.2, 0.25) is 0 Å². The summed E-state index contributed by atoms with van der Waals surface area (Å²) < 4.78 is 0. The van der Waals surface area contributed by atoms with Crippen molar-refractivity contribution in [2.45, 2.75) is 6.42 Å². The van der Waals surface area contributed by atoms with Crippen LogP contribution in [0.5, 0.6) is 0 Å². The number of thioether (sulfide) groups is 1. The third kappa shape index (κ3) is 4.72. The van der Waals surface area contributed by atoms with Crippen LogP contribution >= 0.6 is 11.8 Å². The summed E-state index contributed by atoms with van der Waals surface area (Å²) in [6.45, 7) is 0. The van der Waals surface area contributed by atoms with Crippen molar-refractivity contribution in [3.05, 3.63) is 41.3 Å². The van der Waals surface area contributed by atoms with Gasteiger partial charge in [-0.2, -0.15) is 0 Å². The van der Waals surface area contributed by atoms with Crippen molar-refractivity contribution in [1.82, 2.24) is 0 Å². The summed E-state index contributed by atoms with van der Waals surface area (Å²) in [5, 5.41) is 10.3. The maximum Gasteiger partial charge on any atom is 0.304 e. The van der Waals surface area contributed by atoms with Crippen LogP contribution in [0.15, 0.2) is 35.7 Å². The summed E-state index contributed by atoms with van der Waals surface area (Å²) >= 11 is 1.52. The van der Waals surface area contributed by atoms with Crippen molar-refractivity contribution in [1.29, 1.82) is 0 Å². The summed E-state index contributed by atoms with van der Waals surface area (Å²) in [4.78, 5) is 10.2. The Hall–Kier alpha value is -1.22. The normalized spacial score (nSPS) is 10.6. The molecule has 14 heavy (non-hydrogen) atoms. The van der Waals surface area contributed by atoms with E-state index in [0.29, 0.717) is 5.75 Å². The Morgan fingerprint density at radius 1 is 1.36 bits per heavy atom. The molecule has 0 aliphatic carbocycles. The van der Waals surface area contributed by atoms with Gasteiger partial charge in [-0.05, 0) is 17.0 Å². The number of hydrogen-bond acceptors (Lipinski definition) is 2. The van der Waals surface area contributed by atoms with Crippen molar-refractivity contribution in [3.8, 4) is 0 Å². The number of carboxylic acids is 1. The van der Waals surface area contributed by atoms with E-state index in [9.17, 15) is 4.79 Å². The van der Waals surface area contributed by atoms with Crippen LogP contribution in [-0.2, 0) is 4.79 Å². The van der Waals surface area contributed by atoms with Gasteiger partial charge in [-0.1, -0.05) is 30.3 Å². The third-order valence-electron chi connectivity index (χ3n) is 1.59. The molecule has 0 fully saturated rings.